The van der Waals surface area contributed by atoms with E-state index in [1.807, 2.05) is 0 Å². The van der Waals surface area contributed by atoms with E-state index in [0.29, 0.717) is 6.67 Å². The Morgan fingerprint density at radius 1 is 0.385 bits per heavy atom. The smallest absolute Gasteiger partial charge is 0.117 e. The lowest BCUT2D eigenvalue weighted by Gasteiger charge is -2.15. The van der Waals surface area contributed by atoms with E-state index in [0.717, 1.165) is 27.8 Å². The number of rotatable bonds is 5. The fourth-order valence-corrected chi connectivity index (χ4v) is 8.54. The number of hydrogen-bond acceptors (Lipinski definition) is 1. The molecule has 0 saturated carbocycles. The molecule has 0 saturated heterocycles. The van der Waals surface area contributed by atoms with Crippen molar-refractivity contribution in [3.8, 4) is 28.1 Å². The number of para-hydroxylation sites is 3. The van der Waals surface area contributed by atoms with Crippen molar-refractivity contribution in [2.45, 2.75) is 6.67 Å². The van der Waals surface area contributed by atoms with E-state index in [2.05, 4.69) is 196 Å². The van der Waals surface area contributed by atoms with Crippen molar-refractivity contribution in [1.82, 2.24) is 18.9 Å². The molecule has 0 fully saturated rings. The first kappa shape index (κ1) is 28.9. The number of nitrogens with zero attached hydrogens (tertiary/aromatic N) is 4. The summed E-state index contributed by atoms with van der Waals surface area (Å²) in [6, 6.07) is 65.5. The van der Waals surface area contributed by atoms with Gasteiger partial charge in [-0.3, -0.25) is 0 Å². The van der Waals surface area contributed by atoms with Gasteiger partial charge in [0.05, 0.1) is 33.3 Å². The summed E-state index contributed by atoms with van der Waals surface area (Å²) < 4.78 is 7.16. The quantitative estimate of drug-likeness (QED) is 0.180. The van der Waals surface area contributed by atoms with Crippen molar-refractivity contribution in [2.24, 2.45) is 0 Å². The SMILES string of the molecule is c1ccc(-c2ccc(-c3c4ccccc4nn3Cn3c4ccccc4c4c5c6ccccc6n(-c6ccccc6)c5c5ccccc5c43)cc2)cc1. The Morgan fingerprint density at radius 2 is 0.885 bits per heavy atom. The summed E-state index contributed by atoms with van der Waals surface area (Å²) in [5, 5.41) is 14.0. The molecule has 0 radical (unpaired) electrons. The molecule has 244 valence electrons. The molecule has 4 nitrogen and oxygen atoms in total. The monoisotopic (exact) mass is 664 g/mol. The third kappa shape index (κ3) is 4.18. The second kappa shape index (κ2) is 11.3. The normalized spacial score (nSPS) is 11.9. The summed E-state index contributed by atoms with van der Waals surface area (Å²) in [7, 11) is 0. The van der Waals surface area contributed by atoms with E-state index in [-0.39, 0.29) is 0 Å². The fraction of sp³-hybridized carbons (Fsp3) is 0.0208. The van der Waals surface area contributed by atoms with E-state index < -0.39 is 0 Å². The molecule has 11 rings (SSSR count). The Hall–Kier alpha value is -6.91. The highest BCUT2D eigenvalue weighted by Crippen LogP contribution is 2.46. The molecule has 0 aliphatic heterocycles. The summed E-state index contributed by atoms with van der Waals surface area (Å²) in [5.74, 6) is 0. The molecule has 4 heteroatoms. The van der Waals surface area contributed by atoms with Crippen molar-refractivity contribution in [3.63, 3.8) is 0 Å². The van der Waals surface area contributed by atoms with E-state index in [9.17, 15) is 0 Å². The Morgan fingerprint density at radius 3 is 1.62 bits per heavy atom. The first-order chi connectivity index (χ1) is 25.8. The highest BCUT2D eigenvalue weighted by molar-refractivity contribution is 6.37. The zero-order chi connectivity index (χ0) is 34.2. The van der Waals surface area contributed by atoms with Gasteiger partial charge < -0.3 is 9.13 Å². The van der Waals surface area contributed by atoms with Crippen molar-refractivity contribution in [1.29, 1.82) is 0 Å². The van der Waals surface area contributed by atoms with Gasteiger partial charge in [0.1, 0.15) is 6.67 Å². The summed E-state index contributed by atoms with van der Waals surface area (Å²) >= 11 is 0. The van der Waals surface area contributed by atoms with Gasteiger partial charge in [0, 0.05) is 49.0 Å². The Labute approximate surface area is 300 Å². The van der Waals surface area contributed by atoms with Crippen LogP contribution in [-0.4, -0.2) is 18.9 Å². The molecule has 0 aliphatic carbocycles. The van der Waals surface area contributed by atoms with E-state index >= 15 is 0 Å². The lowest BCUT2D eigenvalue weighted by atomic mass is 9.99. The van der Waals surface area contributed by atoms with Crippen molar-refractivity contribution < 1.29 is 0 Å². The van der Waals surface area contributed by atoms with Crippen molar-refractivity contribution in [3.05, 3.63) is 182 Å². The summed E-state index contributed by atoms with van der Waals surface area (Å²) in [6.45, 7) is 0.557. The van der Waals surface area contributed by atoms with Gasteiger partial charge in [-0.1, -0.05) is 152 Å². The predicted octanol–water partition coefficient (Wildman–Crippen LogP) is 12.2. The fourth-order valence-electron chi connectivity index (χ4n) is 8.54. The Balaban J connectivity index is 1.22. The largest absolute Gasteiger partial charge is 0.320 e. The Bertz CT molecular complexity index is 3130. The van der Waals surface area contributed by atoms with Crippen LogP contribution in [0, 0.1) is 0 Å². The first-order valence-corrected chi connectivity index (χ1v) is 17.8. The van der Waals surface area contributed by atoms with Crippen LogP contribution in [0.3, 0.4) is 0 Å². The maximum atomic E-state index is 5.29. The van der Waals surface area contributed by atoms with Crippen LogP contribution in [0.25, 0.3) is 93.4 Å². The molecule has 0 aliphatic rings. The van der Waals surface area contributed by atoms with Gasteiger partial charge in [0.15, 0.2) is 0 Å². The molecule has 8 aromatic carbocycles. The molecular formula is C48H32N4. The van der Waals surface area contributed by atoms with Crippen LogP contribution in [0.2, 0.25) is 0 Å². The molecule has 0 bridgehead atoms. The van der Waals surface area contributed by atoms with Gasteiger partial charge in [-0.05, 0) is 41.5 Å². The molecule has 11 aromatic rings. The summed E-state index contributed by atoms with van der Waals surface area (Å²) in [5.41, 5.74) is 11.7. The third-order valence-corrected chi connectivity index (χ3v) is 10.7. The van der Waals surface area contributed by atoms with E-state index in [1.165, 1.54) is 65.5 Å². The van der Waals surface area contributed by atoms with Gasteiger partial charge in [-0.25, -0.2) is 4.68 Å². The molecule has 3 heterocycles. The third-order valence-electron chi connectivity index (χ3n) is 10.7. The van der Waals surface area contributed by atoms with Crippen LogP contribution in [0.5, 0.6) is 0 Å². The number of aromatic nitrogens is 4. The van der Waals surface area contributed by atoms with Crippen LogP contribution < -0.4 is 0 Å². The highest BCUT2D eigenvalue weighted by Gasteiger charge is 2.24. The number of benzene rings is 8. The molecule has 3 aromatic heterocycles. The second-order valence-corrected chi connectivity index (χ2v) is 13.6. The van der Waals surface area contributed by atoms with Crippen molar-refractivity contribution in [2.75, 3.05) is 0 Å². The van der Waals surface area contributed by atoms with Crippen LogP contribution in [0.1, 0.15) is 0 Å². The number of fused-ring (bicyclic) bond motifs is 11. The predicted molar refractivity (Wildman–Crippen MR) is 217 cm³/mol. The zero-order valence-electron chi connectivity index (χ0n) is 28.3. The van der Waals surface area contributed by atoms with Crippen LogP contribution in [-0.2, 0) is 6.67 Å². The molecule has 0 unspecified atom stereocenters. The zero-order valence-corrected chi connectivity index (χ0v) is 28.3. The molecule has 0 amide bonds. The minimum Gasteiger partial charge on any atom is -0.320 e. The van der Waals surface area contributed by atoms with Gasteiger partial charge in [0.25, 0.3) is 0 Å². The topological polar surface area (TPSA) is 27.7 Å². The Kier molecular flexibility index (Phi) is 6.28. The van der Waals surface area contributed by atoms with E-state index in [1.54, 1.807) is 0 Å². The van der Waals surface area contributed by atoms with Crippen LogP contribution >= 0.6 is 0 Å². The average molecular weight is 665 g/mol. The first-order valence-electron chi connectivity index (χ1n) is 17.8. The molecular weight excluding hydrogens is 633 g/mol. The molecule has 0 spiro atoms. The number of hydrogen-bond donors (Lipinski definition) is 0. The molecule has 0 atom stereocenters. The maximum Gasteiger partial charge on any atom is 0.117 e. The minimum atomic E-state index is 0.557. The lowest BCUT2D eigenvalue weighted by Crippen LogP contribution is -2.11. The maximum absolute atomic E-state index is 5.29. The van der Waals surface area contributed by atoms with Gasteiger partial charge in [-0.15, -0.1) is 0 Å². The minimum absolute atomic E-state index is 0.557. The summed E-state index contributed by atoms with van der Waals surface area (Å²) in [6.07, 6.45) is 0. The highest BCUT2D eigenvalue weighted by atomic mass is 15.3. The summed E-state index contributed by atoms with van der Waals surface area (Å²) in [4.78, 5) is 0. The molecule has 52 heavy (non-hydrogen) atoms. The van der Waals surface area contributed by atoms with Gasteiger partial charge in [0.2, 0.25) is 0 Å². The molecule has 0 N–H and O–H groups in total. The van der Waals surface area contributed by atoms with Gasteiger partial charge in [-0.2, -0.15) is 5.10 Å². The van der Waals surface area contributed by atoms with Gasteiger partial charge >= 0.3 is 0 Å². The van der Waals surface area contributed by atoms with Crippen molar-refractivity contribution >= 4 is 65.3 Å². The average Bonchev–Trinajstić information content (AvgIpc) is 3.87. The van der Waals surface area contributed by atoms with Crippen LogP contribution in [0.4, 0.5) is 0 Å². The standard InChI is InChI=1S/C48H32N4/c1-3-15-32(16-4-1)33-27-29-34(30-28-33)46-38-21-9-12-24-41(38)49-51(46)31-50-42-25-13-10-22-39(42)44-45-40-23-11-14-26-43(40)52(35-17-5-2-6-18-35)48(45)37-20-8-7-19-36(37)47(44)50/h1-30H,31H2. The van der Waals surface area contributed by atoms with Crippen LogP contribution in [0.15, 0.2) is 182 Å². The lowest BCUT2D eigenvalue weighted by molar-refractivity contribution is 0.585. The van der Waals surface area contributed by atoms with E-state index in [4.69, 9.17) is 5.10 Å². The second-order valence-electron chi connectivity index (χ2n) is 13.6.